The van der Waals surface area contributed by atoms with Crippen molar-refractivity contribution < 1.29 is 14.3 Å². The second-order valence-electron chi connectivity index (χ2n) is 6.84. The summed E-state index contributed by atoms with van der Waals surface area (Å²) in [7, 11) is 1.65. The van der Waals surface area contributed by atoms with Crippen molar-refractivity contribution in [2.45, 2.75) is 25.7 Å². The van der Waals surface area contributed by atoms with E-state index in [4.69, 9.17) is 11.2 Å². The number of ether oxygens (including phenoxy) is 1. The normalized spacial score (nSPS) is 16.1. The molecule has 1 aromatic rings. The SMILES string of the molecule is C#CCNC(=O)CN1CCCN(C(=O)CC(C)c2ccccc2OC)CC1. The highest BCUT2D eigenvalue weighted by Gasteiger charge is 2.23. The molecule has 0 radical (unpaired) electrons. The van der Waals surface area contributed by atoms with E-state index in [9.17, 15) is 9.59 Å². The van der Waals surface area contributed by atoms with Crippen LogP contribution in [0.5, 0.6) is 5.75 Å². The number of benzene rings is 1. The van der Waals surface area contributed by atoms with Crippen molar-refractivity contribution in [3.63, 3.8) is 0 Å². The molecular formula is C21H29N3O3. The van der Waals surface area contributed by atoms with Gasteiger partial charge in [0.05, 0.1) is 20.2 Å². The van der Waals surface area contributed by atoms with Gasteiger partial charge in [-0.15, -0.1) is 6.42 Å². The predicted molar refractivity (Wildman–Crippen MR) is 106 cm³/mol. The van der Waals surface area contributed by atoms with Gasteiger partial charge in [0.2, 0.25) is 11.8 Å². The monoisotopic (exact) mass is 371 g/mol. The summed E-state index contributed by atoms with van der Waals surface area (Å²) in [6.45, 7) is 5.47. The molecule has 6 nitrogen and oxygen atoms in total. The number of rotatable bonds is 7. The number of nitrogens with zero attached hydrogens (tertiary/aromatic N) is 2. The quantitative estimate of drug-likeness (QED) is 0.738. The topological polar surface area (TPSA) is 61.9 Å². The van der Waals surface area contributed by atoms with Crippen molar-refractivity contribution in [3.8, 4) is 18.1 Å². The van der Waals surface area contributed by atoms with Crippen LogP contribution in [-0.4, -0.2) is 68.0 Å². The molecule has 0 bridgehead atoms. The number of carbonyl (C=O) groups excluding carboxylic acids is 2. The maximum atomic E-state index is 12.8. The van der Waals surface area contributed by atoms with E-state index in [1.165, 1.54) is 0 Å². The van der Waals surface area contributed by atoms with E-state index >= 15 is 0 Å². The molecule has 6 heteroatoms. The van der Waals surface area contributed by atoms with Gasteiger partial charge < -0.3 is 15.0 Å². The molecule has 1 N–H and O–H groups in total. The number of methoxy groups -OCH3 is 1. The average Bonchev–Trinajstić information content (AvgIpc) is 2.91. The fourth-order valence-corrected chi connectivity index (χ4v) is 3.36. The third-order valence-electron chi connectivity index (χ3n) is 4.85. The molecule has 1 aromatic carbocycles. The molecule has 1 saturated heterocycles. The molecule has 0 spiro atoms. The zero-order chi connectivity index (χ0) is 19.6. The van der Waals surface area contributed by atoms with Gasteiger partial charge >= 0.3 is 0 Å². The first kappa shape index (κ1) is 20.8. The molecule has 2 amide bonds. The summed E-state index contributed by atoms with van der Waals surface area (Å²) in [5, 5.41) is 2.68. The van der Waals surface area contributed by atoms with E-state index in [2.05, 4.69) is 23.1 Å². The molecule has 1 unspecified atom stereocenters. The molecule has 27 heavy (non-hydrogen) atoms. The first-order chi connectivity index (χ1) is 13.0. The van der Waals surface area contributed by atoms with Crippen molar-refractivity contribution >= 4 is 11.8 Å². The van der Waals surface area contributed by atoms with E-state index in [0.29, 0.717) is 26.1 Å². The predicted octanol–water partition coefficient (Wildman–Crippen LogP) is 1.47. The summed E-state index contributed by atoms with van der Waals surface area (Å²) in [5.41, 5.74) is 1.05. The van der Waals surface area contributed by atoms with Gasteiger partial charge in [-0.05, 0) is 24.0 Å². The van der Waals surface area contributed by atoms with E-state index in [-0.39, 0.29) is 24.3 Å². The number of hydrogen-bond donors (Lipinski definition) is 1. The fraction of sp³-hybridized carbons (Fsp3) is 0.524. The van der Waals surface area contributed by atoms with Crippen LogP contribution in [0.25, 0.3) is 0 Å². The molecule has 0 saturated carbocycles. The van der Waals surface area contributed by atoms with Crippen molar-refractivity contribution in [2.75, 3.05) is 46.4 Å². The van der Waals surface area contributed by atoms with Crippen LogP contribution in [0.2, 0.25) is 0 Å². The molecule has 1 aliphatic heterocycles. The van der Waals surface area contributed by atoms with E-state index in [0.717, 1.165) is 30.8 Å². The summed E-state index contributed by atoms with van der Waals surface area (Å²) < 4.78 is 5.41. The van der Waals surface area contributed by atoms with Crippen LogP contribution in [0.15, 0.2) is 24.3 Å². The summed E-state index contributed by atoms with van der Waals surface area (Å²) >= 11 is 0. The molecule has 1 fully saturated rings. The van der Waals surface area contributed by atoms with Gasteiger partial charge in [-0.25, -0.2) is 0 Å². The van der Waals surface area contributed by atoms with Gasteiger partial charge in [0.25, 0.3) is 0 Å². The molecule has 0 aliphatic carbocycles. The minimum absolute atomic E-state index is 0.0717. The smallest absolute Gasteiger partial charge is 0.234 e. The molecular weight excluding hydrogens is 342 g/mol. The lowest BCUT2D eigenvalue weighted by molar-refractivity contribution is -0.131. The minimum Gasteiger partial charge on any atom is -0.496 e. The minimum atomic E-state index is -0.0717. The second kappa shape index (κ2) is 10.6. The van der Waals surface area contributed by atoms with Crippen molar-refractivity contribution in [2.24, 2.45) is 0 Å². The number of amides is 2. The van der Waals surface area contributed by atoms with E-state index < -0.39 is 0 Å². The molecule has 2 rings (SSSR count). The second-order valence-corrected chi connectivity index (χ2v) is 6.84. The summed E-state index contributed by atoms with van der Waals surface area (Å²) in [5.74, 6) is 3.37. The zero-order valence-corrected chi connectivity index (χ0v) is 16.2. The van der Waals surface area contributed by atoms with Crippen LogP contribution in [0.1, 0.15) is 31.2 Å². The van der Waals surface area contributed by atoms with Crippen molar-refractivity contribution in [1.29, 1.82) is 0 Å². The molecule has 0 aromatic heterocycles. The van der Waals surface area contributed by atoms with E-state index in [1.807, 2.05) is 29.2 Å². The maximum absolute atomic E-state index is 12.8. The summed E-state index contributed by atoms with van der Waals surface area (Å²) in [4.78, 5) is 28.6. The van der Waals surface area contributed by atoms with Gasteiger partial charge in [0.15, 0.2) is 0 Å². The lowest BCUT2D eigenvalue weighted by Gasteiger charge is -2.23. The van der Waals surface area contributed by atoms with Crippen LogP contribution in [0.4, 0.5) is 0 Å². The van der Waals surface area contributed by atoms with E-state index in [1.54, 1.807) is 7.11 Å². The third kappa shape index (κ3) is 6.30. The van der Waals surface area contributed by atoms with Crippen molar-refractivity contribution in [1.82, 2.24) is 15.1 Å². The Bertz CT molecular complexity index is 683. The zero-order valence-electron chi connectivity index (χ0n) is 16.2. The molecule has 146 valence electrons. The highest BCUT2D eigenvalue weighted by Crippen LogP contribution is 2.28. The molecule has 1 heterocycles. The van der Waals surface area contributed by atoms with Gasteiger partial charge in [0, 0.05) is 32.6 Å². The number of terminal acetylenes is 1. The standard InChI is InChI=1S/C21H29N3O3/c1-4-10-22-20(25)16-23-11-7-12-24(14-13-23)21(26)15-17(2)18-8-5-6-9-19(18)27-3/h1,5-6,8-9,17H,7,10-16H2,2-3H3,(H,22,25). The highest BCUT2D eigenvalue weighted by atomic mass is 16.5. The highest BCUT2D eigenvalue weighted by molar-refractivity contribution is 5.78. The van der Waals surface area contributed by atoms with Gasteiger partial charge in [-0.2, -0.15) is 0 Å². The Kier molecular flexibility index (Phi) is 8.15. The van der Waals surface area contributed by atoms with Crippen LogP contribution in [0, 0.1) is 12.3 Å². The number of hydrogen-bond acceptors (Lipinski definition) is 4. The van der Waals surface area contributed by atoms with Crippen molar-refractivity contribution in [3.05, 3.63) is 29.8 Å². The van der Waals surface area contributed by atoms with Gasteiger partial charge in [-0.3, -0.25) is 14.5 Å². The Morgan fingerprint density at radius 3 is 2.78 bits per heavy atom. The Balaban J connectivity index is 1.86. The maximum Gasteiger partial charge on any atom is 0.234 e. The first-order valence-corrected chi connectivity index (χ1v) is 9.38. The third-order valence-corrected chi connectivity index (χ3v) is 4.85. The number of para-hydroxylation sites is 1. The number of carbonyl (C=O) groups is 2. The summed E-state index contributed by atoms with van der Waals surface area (Å²) in [6.07, 6.45) is 6.46. The Hall–Kier alpha value is -2.52. The van der Waals surface area contributed by atoms with Crippen LogP contribution in [0.3, 0.4) is 0 Å². The Morgan fingerprint density at radius 1 is 1.26 bits per heavy atom. The van der Waals surface area contributed by atoms with Crippen LogP contribution < -0.4 is 10.1 Å². The Labute approximate surface area is 161 Å². The Morgan fingerprint density at radius 2 is 2.04 bits per heavy atom. The summed E-state index contributed by atoms with van der Waals surface area (Å²) in [6, 6.07) is 7.83. The fourth-order valence-electron chi connectivity index (χ4n) is 3.36. The average molecular weight is 371 g/mol. The van der Waals surface area contributed by atoms with Gasteiger partial charge in [0.1, 0.15) is 5.75 Å². The molecule has 1 aliphatic rings. The van der Waals surface area contributed by atoms with Gasteiger partial charge in [-0.1, -0.05) is 31.0 Å². The largest absolute Gasteiger partial charge is 0.496 e. The number of nitrogens with one attached hydrogen (secondary N) is 1. The first-order valence-electron chi connectivity index (χ1n) is 9.38. The van der Waals surface area contributed by atoms with Crippen LogP contribution >= 0.6 is 0 Å². The van der Waals surface area contributed by atoms with Crippen LogP contribution in [-0.2, 0) is 9.59 Å². The lowest BCUT2D eigenvalue weighted by Crippen LogP contribution is -2.40. The lowest BCUT2D eigenvalue weighted by atomic mass is 9.96. The molecule has 1 atom stereocenters.